The van der Waals surface area contributed by atoms with Gasteiger partial charge in [-0.05, 0) is 6.42 Å². The third-order valence-electron chi connectivity index (χ3n) is 1.74. The molecule has 0 aromatic rings. The molecule has 16 heavy (non-hydrogen) atoms. The number of nitrogens with zero attached hydrogens (tertiary/aromatic N) is 1. The molecule has 0 heterocycles. The van der Waals surface area contributed by atoms with Crippen LogP contribution in [0, 0.1) is 0 Å². The van der Waals surface area contributed by atoms with E-state index >= 15 is 0 Å². The van der Waals surface area contributed by atoms with Gasteiger partial charge in [-0.25, -0.2) is 0 Å². The van der Waals surface area contributed by atoms with Crippen LogP contribution in [0.25, 0.3) is 0 Å². The minimum Gasteiger partial charge on any atom is -0.368 e. The van der Waals surface area contributed by atoms with E-state index in [0.717, 1.165) is 4.90 Å². The Labute approximate surface area is 93.2 Å². The molecule has 1 atom stereocenters. The van der Waals surface area contributed by atoms with Crippen LogP contribution in [-0.4, -0.2) is 41.8 Å². The molecule has 0 spiro atoms. The highest BCUT2D eigenvalue weighted by molar-refractivity contribution is 5.90. The summed E-state index contributed by atoms with van der Waals surface area (Å²) in [7, 11) is 0. The van der Waals surface area contributed by atoms with Crippen molar-refractivity contribution in [3.63, 3.8) is 0 Å². The molecule has 1 unspecified atom stereocenters. The Morgan fingerprint density at radius 1 is 1.19 bits per heavy atom. The first kappa shape index (κ1) is 14.1. The molecule has 90 valence electrons. The summed E-state index contributed by atoms with van der Waals surface area (Å²) >= 11 is 0. The molecule has 3 amide bonds. The predicted octanol–water partition coefficient (Wildman–Crippen LogP) is -2.31. The molecule has 0 fully saturated rings. The van der Waals surface area contributed by atoms with Crippen LogP contribution < -0.4 is 17.2 Å². The zero-order chi connectivity index (χ0) is 12.7. The van der Waals surface area contributed by atoms with Crippen molar-refractivity contribution >= 4 is 17.7 Å². The third kappa shape index (κ3) is 5.11. The highest BCUT2D eigenvalue weighted by atomic mass is 16.2. The summed E-state index contributed by atoms with van der Waals surface area (Å²) in [4.78, 5) is 34.0. The van der Waals surface area contributed by atoms with Gasteiger partial charge in [-0.1, -0.05) is 6.08 Å². The van der Waals surface area contributed by atoms with E-state index in [0.29, 0.717) is 0 Å². The SMILES string of the molecule is C=CCC(N)C(=O)N(CC(N)=O)CC(N)=O. The van der Waals surface area contributed by atoms with Gasteiger partial charge in [0, 0.05) is 0 Å². The first-order valence-corrected chi connectivity index (χ1v) is 4.60. The molecule has 0 aromatic carbocycles. The van der Waals surface area contributed by atoms with E-state index in [1.165, 1.54) is 6.08 Å². The summed E-state index contributed by atoms with van der Waals surface area (Å²) < 4.78 is 0. The summed E-state index contributed by atoms with van der Waals surface area (Å²) in [6.07, 6.45) is 1.71. The van der Waals surface area contributed by atoms with Crippen molar-refractivity contribution in [2.75, 3.05) is 13.1 Å². The van der Waals surface area contributed by atoms with Crippen molar-refractivity contribution in [1.29, 1.82) is 0 Å². The first-order valence-electron chi connectivity index (χ1n) is 4.60. The van der Waals surface area contributed by atoms with E-state index in [-0.39, 0.29) is 19.5 Å². The predicted molar refractivity (Wildman–Crippen MR) is 57.8 cm³/mol. The minimum atomic E-state index is -0.851. The van der Waals surface area contributed by atoms with Crippen molar-refractivity contribution in [3.05, 3.63) is 12.7 Å². The lowest BCUT2D eigenvalue weighted by Crippen LogP contribution is -2.49. The molecule has 0 aliphatic rings. The summed E-state index contributed by atoms with van der Waals surface area (Å²) in [6, 6.07) is -0.851. The number of rotatable bonds is 7. The Morgan fingerprint density at radius 3 is 1.94 bits per heavy atom. The topological polar surface area (TPSA) is 133 Å². The largest absolute Gasteiger partial charge is 0.368 e. The number of hydrogen-bond donors (Lipinski definition) is 3. The lowest BCUT2D eigenvalue weighted by atomic mass is 10.2. The van der Waals surface area contributed by atoms with Gasteiger partial charge < -0.3 is 22.1 Å². The Kier molecular flexibility index (Phi) is 5.79. The molecule has 7 nitrogen and oxygen atoms in total. The van der Waals surface area contributed by atoms with Gasteiger partial charge in [0.1, 0.15) is 0 Å². The van der Waals surface area contributed by atoms with E-state index in [1.54, 1.807) is 0 Å². The Balaban J connectivity index is 4.59. The van der Waals surface area contributed by atoms with Gasteiger partial charge in [0.2, 0.25) is 17.7 Å². The van der Waals surface area contributed by atoms with Crippen LogP contribution in [0.3, 0.4) is 0 Å². The third-order valence-corrected chi connectivity index (χ3v) is 1.74. The monoisotopic (exact) mass is 228 g/mol. The number of nitrogens with two attached hydrogens (primary N) is 3. The zero-order valence-electron chi connectivity index (χ0n) is 8.89. The van der Waals surface area contributed by atoms with Crippen LogP contribution in [0.5, 0.6) is 0 Å². The fourth-order valence-corrected chi connectivity index (χ4v) is 1.10. The minimum absolute atomic E-state index is 0.243. The van der Waals surface area contributed by atoms with Gasteiger partial charge in [-0.2, -0.15) is 0 Å². The average molecular weight is 228 g/mol. The first-order chi connectivity index (χ1) is 7.38. The van der Waals surface area contributed by atoms with E-state index in [4.69, 9.17) is 17.2 Å². The molecular formula is C9H16N4O3. The van der Waals surface area contributed by atoms with Gasteiger partial charge in [-0.3, -0.25) is 14.4 Å². The Hall–Kier alpha value is -1.89. The summed E-state index contributed by atoms with van der Waals surface area (Å²) in [5.74, 6) is -2.03. The van der Waals surface area contributed by atoms with Crippen molar-refractivity contribution in [2.24, 2.45) is 17.2 Å². The lowest BCUT2D eigenvalue weighted by molar-refractivity contribution is -0.139. The quantitative estimate of drug-likeness (QED) is 0.422. The van der Waals surface area contributed by atoms with Crippen LogP contribution in [-0.2, 0) is 14.4 Å². The number of carbonyl (C=O) groups excluding carboxylic acids is 3. The standard InChI is InChI=1S/C9H16N4O3/c1-2-3-6(10)9(16)13(4-7(11)14)5-8(12)15/h2,6H,1,3-5,10H2,(H2,11,14)(H2,12,15). The molecule has 0 radical (unpaired) electrons. The molecule has 0 saturated heterocycles. The number of carbonyl (C=O) groups is 3. The molecule has 7 heteroatoms. The molecule has 6 N–H and O–H groups in total. The van der Waals surface area contributed by atoms with Crippen LogP contribution in [0.1, 0.15) is 6.42 Å². The second-order valence-corrected chi connectivity index (χ2v) is 3.26. The second-order valence-electron chi connectivity index (χ2n) is 3.26. The van der Waals surface area contributed by atoms with Crippen molar-refractivity contribution in [3.8, 4) is 0 Å². The second kappa shape index (κ2) is 6.57. The van der Waals surface area contributed by atoms with Crippen LogP contribution in [0.15, 0.2) is 12.7 Å². The van der Waals surface area contributed by atoms with E-state index < -0.39 is 23.8 Å². The van der Waals surface area contributed by atoms with Crippen LogP contribution in [0.4, 0.5) is 0 Å². The molecule has 0 bridgehead atoms. The fourth-order valence-electron chi connectivity index (χ4n) is 1.10. The summed E-state index contributed by atoms with van der Waals surface area (Å²) in [5.41, 5.74) is 15.4. The maximum absolute atomic E-state index is 11.6. The van der Waals surface area contributed by atoms with Gasteiger partial charge >= 0.3 is 0 Å². The smallest absolute Gasteiger partial charge is 0.240 e. The number of primary amides is 2. The highest BCUT2D eigenvalue weighted by Gasteiger charge is 2.22. The van der Waals surface area contributed by atoms with Gasteiger partial charge in [0.15, 0.2) is 0 Å². The molecular weight excluding hydrogens is 212 g/mol. The Morgan fingerprint density at radius 2 is 1.62 bits per heavy atom. The fraction of sp³-hybridized carbons (Fsp3) is 0.444. The van der Waals surface area contributed by atoms with E-state index in [9.17, 15) is 14.4 Å². The molecule has 0 saturated carbocycles. The maximum Gasteiger partial charge on any atom is 0.240 e. The Bertz CT molecular complexity index is 287. The van der Waals surface area contributed by atoms with Crippen molar-refractivity contribution in [2.45, 2.75) is 12.5 Å². The highest BCUT2D eigenvalue weighted by Crippen LogP contribution is 1.97. The van der Waals surface area contributed by atoms with Gasteiger partial charge in [-0.15, -0.1) is 6.58 Å². The van der Waals surface area contributed by atoms with E-state index in [2.05, 4.69) is 6.58 Å². The number of amides is 3. The van der Waals surface area contributed by atoms with Gasteiger partial charge in [0.05, 0.1) is 19.1 Å². The van der Waals surface area contributed by atoms with E-state index in [1.807, 2.05) is 0 Å². The normalized spacial score (nSPS) is 11.6. The molecule has 0 rings (SSSR count). The lowest BCUT2D eigenvalue weighted by Gasteiger charge is -2.22. The molecule has 0 aliphatic heterocycles. The maximum atomic E-state index is 11.6. The van der Waals surface area contributed by atoms with Crippen LogP contribution in [0.2, 0.25) is 0 Å². The summed E-state index contributed by atoms with van der Waals surface area (Å²) in [6.45, 7) is 2.67. The number of hydrogen-bond acceptors (Lipinski definition) is 4. The van der Waals surface area contributed by atoms with Crippen molar-refractivity contribution < 1.29 is 14.4 Å². The summed E-state index contributed by atoms with van der Waals surface area (Å²) in [5, 5.41) is 0. The molecule has 0 aliphatic carbocycles. The van der Waals surface area contributed by atoms with Crippen LogP contribution >= 0.6 is 0 Å². The average Bonchev–Trinajstić information content (AvgIpc) is 2.14. The zero-order valence-corrected chi connectivity index (χ0v) is 8.89. The van der Waals surface area contributed by atoms with Gasteiger partial charge in [0.25, 0.3) is 0 Å². The van der Waals surface area contributed by atoms with Crippen molar-refractivity contribution in [1.82, 2.24) is 4.90 Å². The molecule has 0 aromatic heterocycles.